The van der Waals surface area contributed by atoms with E-state index in [4.69, 9.17) is 5.84 Å². The molecule has 19 heavy (non-hydrogen) atoms. The molecule has 0 spiro atoms. The van der Waals surface area contributed by atoms with Crippen LogP contribution in [0.2, 0.25) is 0 Å². The fraction of sp³-hybridized carbons (Fsp3) is 0.308. The number of hydrazine groups is 1. The second-order valence-corrected chi connectivity index (χ2v) is 6.74. The van der Waals surface area contributed by atoms with Gasteiger partial charge in [0.25, 0.3) is 5.91 Å². The lowest BCUT2D eigenvalue weighted by Crippen LogP contribution is -2.29. The molecule has 1 amide bonds. The molecule has 1 aliphatic rings. The average molecular weight is 293 g/mol. The summed E-state index contributed by atoms with van der Waals surface area (Å²) in [5, 5.41) is 2.17. The maximum Gasteiger partial charge on any atom is 0.275 e. The van der Waals surface area contributed by atoms with E-state index in [9.17, 15) is 4.79 Å². The van der Waals surface area contributed by atoms with Crippen molar-refractivity contribution in [2.24, 2.45) is 5.84 Å². The number of carbonyl (C=O) groups is 1. The molecule has 100 valence electrons. The third-order valence-electron chi connectivity index (χ3n) is 3.28. The Hall–Kier alpha value is -1.21. The molecule has 0 bridgehead atoms. The van der Waals surface area contributed by atoms with E-state index in [0.717, 1.165) is 26.1 Å². The number of nitrogens with one attached hydrogen (secondary N) is 1. The van der Waals surface area contributed by atoms with Gasteiger partial charge in [-0.2, -0.15) is 0 Å². The standard InChI is InChI=1S/C13H15N3OS2/c14-15-13(17)12-2-1-10(19-12)8-16-5-3-11-9(7-16)4-6-18-11/h1-2,4,6H,3,5,7-8,14H2,(H,15,17). The molecule has 2 aromatic heterocycles. The molecule has 0 aromatic carbocycles. The molecule has 0 saturated carbocycles. The Bertz CT molecular complexity index is 590. The van der Waals surface area contributed by atoms with Crippen LogP contribution >= 0.6 is 22.7 Å². The predicted molar refractivity (Wildman–Crippen MR) is 78.1 cm³/mol. The van der Waals surface area contributed by atoms with E-state index in [1.54, 1.807) is 0 Å². The highest BCUT2D eigenvalue weighted by atomic mass is 32.1. The van der Waals surface area contributed by atoms with Crippen molar-refractivity contribution in [2.45, 2.75) is 19.5 Å². The molecule has 0 fully saturated rings. The van der Waals surface area contributed by atoms with Crippen LogP contribution in [0.4, 0.5) is 0 Å². The van der Waals surface area contributed by atoms with E-state index in [-0.39, 0.29) is 5.91 Å². The monoisotopic (exact) mass is 293 g/mol. The number of hydrogen-bond acceptors (Lipinski definition) is 5. The molecule has 4 nitrogen and oxygen atoms in total. The molecule has 0 atom stereocenters. The summed E-state index contributed by atoms with van der Waals surface area (Å²) in [6.45, 7) is 3.00. The van der Waals surface area contributed by atoms with E-state index in [1.807, 2.05) is 23.5 Å². The van der Waals surface area contributed by atoms with Crippen molar-refractivity contribution < 1.29 is 4.79 Å². The Balaban J connectivity index is 1.66. The molecule has 0 aliphatic carbocycles. The molecule has 3 rings (SSSR count). The van der Waals surface area contributed by atoms with Crippen LogP contribution < -0.4 is 11.3 Å². The van der Waals surface area contributed by atoms with Crippen LogP contribution in [0.3, 0.4) is 0 Å². The minimum absolute atomic E-state index is 0.213. The Kier molecular flexibility index (Phi) is 3.65. The lowest BCUT2D eigenvalue weighted by molar-refractivity contribution is 0.0957. The first-order chi connectivity index (χ1) is 9.26. The third kappa shape index (κ3) is 2.71. The first-order valence-electron chi connectivity index (χ1n) is 6.13. The first-order valence-corrected chi connectivity index (χ1v) is 7.83. The number of amides is 1. The molecular weight excluding hydrogens is 278 g/mol. The van der Waals surface area contributed by atoms with Crippen molar-refractivity contribution in [1.82, 2.24) is 10.3 Å². The second-order valence-electron chi connectivity index (χ2n) is 4.57. The van der Waals surface area contributed by atoms with Crippen LogP contribution in [-0.4, -0.2) is 17.4 Å². The van der Waals surface area contributed by atoms with Crippen LogP contribution in [-0.2, 0) is 19.5 Å². The van der Waals surface area contributed by atoms with Gasteiger partial charge in [-0.25, -0.2) is 5.84 Å². The Morgan fingerprint density at radius 2 is 2.32 bits per heavy atom. The number of carbonyl (C=O) groups excluding carboxylic acids is 1. The summed E-state index contributed by atoms with van der Waals surface area (Å²) in [5.41, 5.74) is 3.62. The van der Waals surface area contributed by atoms with E-state index >= 15 is 0 Å². The van der Waals surface area contributed by atoms with Crippen molar-refractivity contribution >= 4 is 28.6 Å². The number of nitrogen functional groups attached to an aromatic ring is 1. The van der Waals surface area contributed by atoms with Crippen molar-refractivity contribution in [3.8, 4) is 0 Å². The van der Waals surface area contributed by atoms with E-state index < -0.39 is 0 Å². The Morgan fingerprint density at radius 1 is 1.42 bits per heavy atom. The molecule has 3 heterocycles. The van der Waals surface area contributed by atoms with Crippen molar-refractivity contribution in [1.29, 1.82) is 0 Å². The zero-order valence-corrected chi connectivity index (χ0v) is 12.0. The molecule has 0 unspecified atom stereocenters. The Labute approximate surface area is 119 Å². The van der Waals surface area contributed by atoms with Gasteiger partial charge in [-0.15, -0.1) is 22.7 Å². The molecule has 0 radical (unpaired) electrons. The van der Waals surface area contributed by atoms with Crippen LogP contribution in [0, 0.1) is 0 Å². The number of nitrogens with two attached hydrogens (primary N) is 1. The SMILES string of the molecule is NNC(=O)c1ccc(CN2CCc3sccc3C2)s1. The van der Waals surface area contributed by atoms with Crippen molar-refractivity contribution in [3.05, 3.63) is 43.8 Å². The molecule has 3 N–H and O–H groups in total. The minimum Gasteiger partial charge on any atom is -0.294 e. The van der Waals surface area contributed by atoms with Gasteiger partial charge in [0.05, 0.1) is 4.88 Å². The highest BCUT2D eigenvalue weighted by molar-refractivity contribution is 7.14. The highest BCUT2D eigenvalue weighted by Crippen LogP contribution is 2.26. The zero-order valence-electron chi connectivity index (χ0n) is 10.4. The highest BCUT2D eigenvalue weighted by Gasteiger charge is 2.18. The van der Waals surface area contributed by atoms with Crippen molar-refractivity contribution in [3.63, 3.8) is 0 Å². The second kappa shape index (κ2) is 5.42. The van der Waals surface area contributed by atoms with Crippen LogP contribution in [0.15, 0.2) is 23.6 Å². The normalized spacial score (nSPS) is 15.2. The van der Waals surface area contributed by atoms with Gasteiger partial charge in [0.2, 0.25) is 0 Å². The summed E-state index contributed by atoms with van der Waals surface area (Å²) in [4.78, 5) is 17.2. The first kappa shape index (κ1) is 12.8. The molecule has 1 aliphatic heterocycles. The summed E-state index contributed by atoms with van der Waals surface area (Å²) < 4.78 is 0. The smallest absolute Gasteiger partial charge is 0.275 e. The van der Waals surface area contributed by atoms with Gasteiger partial charge in [0.1, 0.15) is 0 Å². The van der Waals surface area contributed by atoms with Crippen molar-refractivity contribution in [2.75, 3.05) is 6.54 Å². The number of rotatable bonds is 3. The largest absolute Gasteiger partial charge is 0.294 e. The number of nitrogens with zero attached hydrogens (tertiary/aromatic N) is 1. The third-order valence-corrected chi connectivity index (χ3v) is 5.37. The van der Waals surface area contributed by atoms with Gasteiger partial charge in [-0.05, 0) is 35.6 Å². The maximum absolute atomic E-state index is 11.4. The van der Waals surface area contributed by atoms with Gasteiger partial charge < -0.3 is 0 Å². The molecule has 0 saturated heterocycles. The van der Waals surface area contributed by atoms with Gasteiger partial charge >= 0.3 is 0 Å². The zero-order chi connectivity index (χ0) is 13.2. The van der Waals surface area contributed by atoms with Gasteiger partial charge in [-0.3, -0.25) is 15.1 Å². The minimum atomic E-state index is -0.213. The van der Waals surface area contributed by atoms with Crippen LogP contribution in [0.5, 0.6) is 0 Å². The summed E-state index contributed by atoms with van der Waals surface area (Å²) in [6, 6.07) is 6.06. The molecule has 2 aromatic rings. The van der Waals surface area contributed by atoms with Crippen LogP contribution in [0.25, 0.3) is 0 Å². The van der Waals surface area contributed by atoms with Gasteiger partial charge in [0.15, 0.2) is 0 Å². The number of hydrogen-bond donors (Lipinski definition) is 2. The van der Waals surface area contributed by atoms with E-state index in [1.165, 1.54) is 26.7 Å². The quantitative estimate of drug-likeness (QED) is 0.517. The maximum atomic E-state index is 11.4. The topological polar surface area (TPSA) is 58.4 Å². The molecular formula is C13H15N3OS2. The van der Waals surface area contributed by atoms with Gasteiger partial charge in [0, 0.05) is 29.4 Å². The predicted octanol–water partition coefficient (Wildman–Crippen LogP) is 1.97. The lowest BCUT2D eigenvalue weighted by atomic mass is 10.1. The number of fused-ring (bicyclic) bond motifs is 1. The van der Waals surface area contributed by atoms with Crippen LogP contribution in [0.1, 0.15) is 25.0 Å². The summed E-state index contributed by atoms with van der Waals surface area (Å²) >= 11 is 3.37. The lowest BCUT2D eigenvalue weighted by Gasteiger charge is -2.26. The Morgan fingerprint density at radius 3 is 3.16 bits per heavy atom. The molecule has 6 heteroatoms. The fourth-order valence-corrected chi connectivity index (χ4v) is 4.16. The summed E-state index contributed by atoms with van der Waals surface area (Å²) in [5.74, 6) is 4.92. The number of thiophene rings is 2. The average Bonchev–Trinajstić information content (AvgIpc) is 3.06. The van der Waals surface area contributed by atoms with Gasteiger partial charge in [-0.1, -0.05) is 0 Å². The summed E-state index contributed by atoms with van der Waals surface area (Å²) in [6.07, 6.45) is 1.13. The van der Waals surface area contributed by atoms with E-state index in [0.29, 0.717) is 4.88 Å². The van der Waals surface area contributed by atoms with E-state index in [2.05, 4.69) is 21.8 Å². The summed E-state index contributed by atoms with van der Waals surface area (Å²) in [7, 11) is 0. The fourth-order valence-electron chi connectivity index (χ4n) is 2.32.